The van der Waals surface area contributed by atoms with Crippen LogP contribution in [0.15, 0.2) is 66.7 Å². The highest BCUT2D eigenvalue weighted by atomic mass is 16.5. The lowest BCUT2D eigenvalue weighted by molar-refractivity contribution is -0.118. The van der Waals surface area contributed by atoms with Gasteiger partial charge in [0.2, 0.25) is 0 Å². The number of amides is 2. The molecule has 0 aliphatic carbocycles. The van der Waals surface area contributed by atoms with Crippen molar-refractivity contribution in [2.75, 3.05) is 11.9 Å². The first-order valence-electron chi connectivity index (χ1n) is 10.3. The number of nitrogens with one attached hydrogen (secondary N) is 2. The van der Waals surface area contributed by atoms with Crippen LogP contribution in [0.3, 0.4) is 0 Å². The SMILES string of the molecule is Cc1cc(C)c(C)c(OCC(=O)Nc2ccccc2C(=O)NC(C)c2ccccc2)c1. The van der Waals surface area contributed by atoms with Gasteiger partial charge < -0.3 is 15.4 Å². The number of hydrogen-bond donors (Lipinski definition) is 2. The molecule has 0 fully saturated rings. The van der Waals surface area contributed by atoms with Crippen LogP contribution in [0.25, 0.3) is 0 Å². The third-order valence-electron chi connectivity index (χ3n) is 5.22. The van der Waals surface area contributed by atoms with Gasteiger partial charge in [-0.15, -0.1) is 0 Å². The fourth-order valence-corrected chi connectivity index (χ4v) is 3.37. The number of aryl methyl sites for hydroxylation is 2. The Morgan fingerprint density at radius 3 is 2.35 bits per heavy atom. The molecule has 2 N–H and O–H groups in total. The largest absolute Gasteiger partial charge is 0.483 e. The number of anilines is 1. The highest BCUT2D eigenvalue weighted by Crippen LogP contribution is 2.23. The highest BCUT2D eigenvalue weighted by Gasteiger charge is 2.16. The van der Waals surface area contributed by atoms with Crippen molar-refractivity contribution in [2.45, 2.75) is 33.7 Å². The number of carbonyl (C=O) groups excluding carboxylic acids is 2. The van der Waals surface area contributed by atoms with Crippen molar-refractivity contribution in [3.05, 3.63) is 94.5 Å². The summed E-state index contributed by atoms with van der Waals surface area (Å²) >= 11 is 0. The zero-order valence-corrected chi connectivity index (χ0v) is 18.4. The van der Waals surface area contributed by atoms with E-state index in [0.717, 1.165) is 22.3 Å². The molecule has 0 aromatic heterocycles. The first kappa shape index (κ1) is 22.1. The van der Waals surface area contributed by atoms with Crippen molar-refractivity contribution in [2.24, 2.45) is 0 Å². The maximum atomic E-state index is 12.8. The van der Waals surface area contributed by atoms with Crippen LogP contribution in [-0.4, -0.2) is 18.4 Å². The molecular formula is C26H28N2O3. The van der Waals surface area contributed by atoms with Gasteiger partial charge in [0, 0.05) is 0 Å². The number of benzene rings is 3. The maximum absolute atomic E-state index is 12.8. The molecule has 0 heterocycles. The maximum Gasteiger partial charge on any atom is 0.262 e. The average molecular weight is 417 g/mol. The van der Waals surface area contributed by atoms with Gasteiger partial charge in [-0.05, 0) is 68.1 Å². The molecule has 0 aliphatic rings. The van der Waals surface area contributed by atoms with Crippen LogP contribution in [0.1, 0.15) is 45.6 Å². The summed E-state index contributed by atoms with van der Waals surface area (Å²) < 4.78 is 5.74. The lowest BCUT2D eigenvalue weighted by Crippen LogP contribution is -2.28. The zero-order valence-electron chi connectivity index (χ0n) is 18.4. The number of ether oxygens (including phenoxy) is 1. The summed E-state index contributed by atoms with van der Waals surface area (Å²) in [5.74, 6) is 0.114. The number of carbonyl (C=O) groups is 2. The second-order valence-electron chi connectivity index (χ2n) is 7.69. The van der Waals surface area contributed by atoms with E-state index in [-0.39, 0.29) is 24.5 Å². The summed E-state index contributed by atoms with van der Waals surface area (Å²) in [6.45, 7) is 7.76. The molecule has 1 atom stereocenters. The van der Waals surface area contributed by atoms with Crippen LogP contribution in [0.4, 0.5) is 5.69 Å². The summed E-state index contributed by atoms with van der Waals surface area (Å²) in [5, 5.41) is 5.78. The topological polar surface area (TPSA) is 67.4 Å². The molecule has 160 valence electrons. The zero-order chi connectivity index (χ0) is 22.4. The molecule has 0 saturated carbocycles. The van der Waals surface area contributed by atoms with E-state index < -0.39 is 0 Å². The van der Waals surface area contributed by atoms with Crippen molar-refractivity contribution < 1.29 is 14.3 Å². The van der Waals surface area contributed by atoms with E-state index in [2.05, 4.69) is 16.7 Å². The summed E-state index contributed by atoms with van der Waals surface area (Å²) in [7, 11) is 0. The van der Waals surface area contributed by atoms with Crippen molar-refractivity contribution >= 4 is 17.5 Å². The molecule has 31 heavy (non-hydrogen) atoms. The molecule has 0 radical (unpaired) electrons. The van der Waals surface area contributed by atoms with Crippen molar-refractivity contribution in [3.8, 4) is 5.75 Å². The van der Waals surface area contributed by atoms with E-state index in [1.807, 2.05) is 64.1 Å². The van der Waals surface area contributed by atoms with E-state index in [4.69, 9.17) is 4.74 Å². The molecule has 3 aromatic rings. The second-order valence-corrected chi connectivity index (χ2v) is 7.69. The minimum Gasteiger partial charge on any atom is -0.483 e. The number of para-hydroxylation sites is 1. The Hall–Kier alpha value is -3.60. The summed E-state index contributed by atoms with van der Waals surface area (Å²) in [4.78, 5) is 25.4. The van der Waals surface area contributed by atoms with Crippen molar-refractivity contribution in [3.63, 3.8) is 0 Å². The van der Waals surface area contributed by atoms with E-state index in [1.54, 1.807) is 24.3 Å². The van der Waals surface area contributed by atoms with Gasteiger partial charge in [0.05, 0.1) is 17.3 Å². The molecule has 0 spiro atoms. The third-order valence-corrected chi connectivity index (χ3v) is 5.22. The predicted molar refractivity (Wildman–Crippen MR) is 124 cm³/mol. The molecule has 5 nitrogen and oxygen atoms in total. The molecular weight excluding hydrogens is 388 g/mol. The standard InChI is InChI=1S/C26H28N2O3/c1-17-14-18(2)19(3)24(15-17)31-16-25(29)28-23-13-9-8-12-22(23)26(30)27-20(4)21-10-6-5-7-11-21/h5-15,20H,16H2,1-4H3,(H,27,30)(H,28,29). The number of rotatable bonds is 7. The van der Waals surface area contributed by atoms with Crippen molar-refractivity contribution in [1.82, 2.24) is 5.32 Å². The molecule has 1 unspecified atom stereocenters. The van der Waals surface area contributed by atoms with Gasteiger partial charge in [0.15, 0.2) is 6.61 Å². The fourth-order valence-electron chi connectivity index (χ4n) is 3.37. The molecule has 5 heteroatoms. The Morgan fingerprint density at radius 1 is 0.935 bits per heavy atom. The predicted octanol–water partition coefficient (Wildman–Crippen LogP) is 5.12. The van der Waals surface area contributed by atoms with Crippen molar-refractivity contribution in [1.29, 1.82) is 0 Å². The van der Waals surface area contributed by atoms with Crippen LogP contribution in [-0.2, 0) is 4.79 Å². The van der Waals surface area contributed by atoms with Gasteiger partial charge >= 0.3 is 0 Å². The van der Waals surface area contributed by atoms with E-state index in [0.29, 0.717) is 17.0 Å². The Labute approximate surface area is 183 Å². The van der Waals surface area contributed by atoms with E-state index in [1.165, 1.54) is 0 Å². The van der Waals surface area contributed by atoms with E-state index in [9.17, 15) is 9.59 Å². The Balaban J connectivity index is 1.66. The molecule has 0 saturated heterocycles. The summed E-state index contributed by atoms with van der Waals surface area (Å²) in [6.07, 6.45) is 0. The first-order valence-corrected chi connectivity index (χ1v) is 10.3. The van der Waals surface area contributed by atoms with Crippen LogP contribution in [0, 0.1) is 20.8 Å². The van der Waals surface area contributed by atoms with E-state index >= 15 is 0 Å². The lowest BCUT2D eigenvalue weighted by Gasteiger charge is -2.17. The molecule has 2 amide bonds. The lowest BCUT2D eigenvalue weighted by atomic mass is 10.1. The molecule has 3 rings (SSSR count). The molecule has 0 aliphatic heterocycles. The van der Waals surface area contributed by atoms with Crippen LogP contribution in [0.2, 0.25) is 0 Å². The summed E-state index contributed by atoms with van der Waals surface area (Å²) in [6, 6.07) is 20.5. The monoisotopic (exact) mass is 416 g/mol. The van der Waals surface area contributed by atoms with Gasteiger partial charge in [0.1, 0.15) is 5.75 Å². The smallest absolute Gasteiger partial charge is 0.262 e. The number of hydrogen-bond acceptors (Lipinski definition) is 3. The van der Waals surface area contributed by atoms with Gasteiger partial charge in [-0.2, -0.15) is 0 Å². The third kappa shape index (κ3) is 5.72. The fraction of sp³-hybridized carbons (Fsp3) is 0.231. The Kier molecular flexibility index (Phi) is 7.08. The first-order chi connectivity index (χ1) is 14.8. The molecule has 0 bridgehead atoms. The summed E-state index contributed by atoms with van der Waals surface area (Å²) in [5.41, 5.74) is 5.06. The Bertz CT molecular complexity index is 1080. The van der Waals surface area contributed by atoms with Crippen LogP contribution < -0.4 is 15.4 Å². The quantitative estimate of drug-likeness (QED) is 0.562. The van der Waals surface area contributed by atoms with Gasteiger partial charge in [-0.3, -0.25) is 9.59 Å². The second kappa shape index (κ2) is 9.94. The van der Waals surface area contributed by atoms with Crippen LogP contribution >= 0.6 is 0 Å². The normalized spacial score (nSPS) is 11.5. The van der Waals surface area contributed by atoms with Gasteiger partial charge in [-0.25, -0.2) is 0 Å². The minimum atomic E-state index is -0.324. The highest BCUT2D eigenvalue weighted by molar-refractivity contribution is 6.04. The average Bonchev–Trinajstić information content (AvgIpc) is 2.76. The minimum absolute atomic E-state index is 0.139. The van der Waals surface area contributed by atoms with Gasteiger partial charge in [0.25, 0.3) is 11.8 Å². The molecule has 3 aromatic carbocycles. The van der Waals surface area contributed by atoms with Crippen LogP contribution in [0.5, 0.6) is 5.75 Å². The van der Waals surface area contributed by atoms with Gasteiger partial charge in [-0.1, -0.05) is 48.5 Å². The Morgan fingerprint density at radius 2 is 1.61 bits per heavy atom.